The second-order valence-corrected chi connectivity index (χ2v) is 5.06. The Bertz CT molecular complexity index is 477. The third-order valence-corrected chi connectivity index (χ3v) is 3.93. The lowest BCUT2D eigenvalue weighted by atomic mass is 10.2. The molecule has 0 radical (unpaired) electrons. The van der Waals surface area contributed by atoms with E-state index in [4.69, 9.17) is 0 Å². The summed E-state index contributed by atoms with van der Waals surface area (Å²) in [6, 6.07) is 18.5. The van der Waals surface area contributed by atoms with Gasteiger partial charge in [0.1, 0.15) is 0 Å². The van der Waals surface area contributed by atoms with Gasteiger partial charge in [-0.25, -0.2) is 0 Å². The number of halogens is 1. The average molecular weight is 291 g/mol. The minimum Gasteiger partial charge on any atom is -0.0969 e. The van der Waals surface area contributed by atoms with Crippen LogP contribution in [0.4, 0.5) is 0 Å². The Labute approximate surface area is 109 Å². The predicted molar refractivity (Wildman–Crippen MR) is 75.5 cm³/mol. The summed E-state index contributed by atoms with van der Waals surface area (Å²) in [5, 5.41) is 2.11. The van der Waals surface area contributed by atoms with E-state index in [0.29, 0.717) is 0 Å². The van der Waals surface area contributed by atoms with Crippen LogP contribution in [0.3, 0.4) is 0 Å². The van der Waals surface area contributed by atoms with E-state index in [1.54, 1.807) is 11.8 Å². The lowest BCUT2D eigenvalue weighted by molar-refractivity contribution is 1.42. The van der Waals surface area contributed by atoms with E-state index in [0.717, 1.165) is 4.47 Å². The summed E-state index contributed by atoms with van der Waals surface area (Å²) < 4.78 is 1.14. The largest absolute Gasteiger partial charge is 0.0969 e. The van der Waals surface area contributed by atoms with Gasteiger partial charge in [-0.15, -0.1) is 0 Å². The smallest absolute Gasteiger partial charge is 0.0314 e. The summed E-state index contributed by atoms with van der Waals surface area (Å²) in [5.41, 5.74) is 1.22. The van der Waals surface area contributed by atoms with E-state index in [1.165, 1.54) is 10.5 Å². The Morgan fingerprint density at radius 2 is 1.56 bits per heavy atom. The van der Waals surface area contributed by atoms with Crippen molar-refractivity contribution in [1.29, 1.82) is 0 Å². The van der Waals surface area contributed by atoms with Gasteiger partial charge in [0.25, 0.3) is 0 Å². The summed E-state index contributed by atoms with van der Waals surface area (Å²) in [6.07, 6.45) is 2.12. The highest BCUT2D eigenvalue weighted by Gasteiger charge is 1.95. The van der Waals surface area contributed by atoms with Gasteiger partial charge in [0.05, 0.1) is 0 Å². The van der Waals surface area contributed by atoms with Gasteiger partial charge in [0, 0.05) is 9.37 Å². The molecule has 0 aromatic heterocycles. The van der Waals surface area contributed by atoms with Crippen LogP contribution in [-0.2, 0) is 0 Å². The van der Waals surface area contributed by atoms with E-state index in [9.17, 15) is 0 Å². The average Bonchev–Trinajstić information content (AvgIpc) is 2.33. The molecule has 0 heterocycles. The third kappa shape index (κ3) is 3.26. The molecule has 0 amide bonds. The zero-order valence-electron chi connectivity index (χ0n) is 8.64. The van der Waals surface area contributed by atoms with Gasteiger partial charge < -0.3 is 0 Å². The van der Waals surface area contributed by atoms with E-state index < -0.39 is 0 Å². The molecule has 0 saturated carbocycles. The third-order valence-electron chi connectivity index (χ3n) is 2.09. The lowest BCUT2D eigenvalue weighted by Crippen LogP contribution is -1.70. The van der Waals surface area contributed by atoms with Crippen LogP contribution in [0.15, 0.2) is 69.4 Å². The number of thioether (sulfide) groups is 1. The molecule has 2 aromatic rings. The summed E-state index contributed by atoms with van der Waals surface area (Å²) in [5.74, 6) is 0. The van der Waals surface area contributed by atoms with Crippen molar-refractivity contribution < 1.29 is 0 Å². The Kier molecular flexibility index (Phi) is 4.25. The first-order valence-electron chi connectivity index (χ1n) is 4.99. The van der Waals surface area contributed by atoms with Crippen molar-refractivity contribution in [2.45, 2.75) is 4.90 Å². The van der Waals surface area contributed by atoms with Crippen LogP contribution in [0.5, 0.6) is 0 Å². The van der Waals surface area contributed by atoms with Crippen LogP contribution in [0.25, 0.3) is 6.08 Å². The van der Waals surface area contributed by atoms with Crippen molar-refractivity contribution in [3.05, 3.63) is 70.0 Å². The minimum absolute atomic E-state index is 1.14. The molecule has 0 N–H and O–H groups in total. The fourth-order valence-electron chi connectivity index (χ4n) is 1.29. The summed E-state index contributed by atoms with van der Waals surface area (Å²) in [7, 11) is 0. The van der Waals surface area contributed by atoms with E-state index >= 15 is 0 Å². The number of hydrogen-bond acceptors (Lipinski definition) is 1. The van der Waals surface area contributed by atoms with Gasteiger partial charge in [-0.1, -0.05) is 54.2 Å². The van der Waals surface area contributed by atoms with Gasteiger partial charge in [-0.05, 0) is 45.1 Å². The number of hydrogen-bond donors (Lipinski definition) is 0. The zero-order chi connectivity index (χ0) is 11.2. The van der Waals surface area contributed by atoms with Crippen LogP contribution >= 0.6 is 27.7 Å². The molecule has 0 atom stereocenters. The number of rotatable bonds is 3. The summed E-state index contributed by atoms with van der Waals surface area (Å²) >= 11 is 5.24. The van der Waals surface area contributed by atoms with Crippen molar-refractivity contribution in [2.75, 3.05) is 0 Å². The Morgan fingerprint density at radius 1 is 0.875 bits per heavy atom. The maximum absolute atomic E-state index is 3.53. The summed E-state index contributed by atoms with van der Waals surface area (Å²) in [4.78, 5) is 1.23. The van der Waals surface area contributed by atoms with Crippen molar-refractivity contribution in [3.63, 3.8) is 0 Å². The quantitative estimate of drug-likeness (QED) is 0.699. The molecular formula is C14H11BrS. The van der Waals surface area contributed by atoms with Gasteiger partial charge in [-0.3, -0.25) is 0 Å². The molecule has 0 bridgehead atoms. The van der Waals surface area contributed by atoms with Gasteiger partial charge in [0.15, 0.2) is 0 Å². The van der Waals surface area contributed by atoms with Gasteiger partial charge in [0.2, 0.25) is 0 Å². The molecule has 0 fully saturated rings. The molecule has 0 aliphatic carbocycles. The number of benzene rings is 2. The second kappa shape index (κ2) is 5.92. The fourth-order valence-corrected chi connectivity index (χ4v) is 2.57. The molecule has 0 spiro atoms. The first-order chi connectivity index (χ1) is 7.86. The molecular weight excluding hydrogens is 280 g/mol. The van der Waals surface area contributed by atoms with Crippen molar-refractivity contribution >= 4 is 33.8 Å². The Hall–Kier alpha value is -0.990. The van der Waals surface area contributed by atoms with Crippen LogP contribution in [-0.4, -0.2) is 0 Å². The lowest BCUT2D eigenvalue weighted by Gasteiger charge is -1.98. The molecule has 0 aliphatic heterocycles. The Balaban J connectivity index is 2.03. The van der Waals surface area contributed by atoms with Crippen molar-refractivity contribution in [3.8, 4) is 0 Å². The highest BCUT2D eigenvalue weighted by atomic mass is 79.9. The van der Waals surface area contributed by atoms with Gasteiger partial charge in [-0.2, -0.15) is 0 Å². The SMILES string of the molecule is Brc1ccccc1S/C=C\c1ccccc1. The maximum atomic E-state index is 3.53. The van der Waals surface area contributed by atoms with E-state index in [1.807, 2.05) is 30.3 Å². The molecule has 80 valence electrons. The minimum atomic E-state index is 1.14. The monoisotopic (exact) mass is 290 g/mol. The highest BCUT2D eigenvalue weighted by molar-refractivity contribution is 9.10. The second-order valence-electron chi connectivity index (χ2n) is 3.26. The maximum Gasteiger partial charge on any atom is 0.0314 e. The van der Waals surface area contributed by atoms with Crippen LogP contribution < -0.4 is 0 Å². The molecule has 0 aliphatic rings. The van der Waals surface area contributed by atoms with Crippen LogP contribution in [0, 0.1) is 0 Å². The molecule has 2 heteroatoms. The van der Waals surface area contributed by atoms with Crippen LogP contribution in [0.2, 0.25) is 0 Å². The topological polar surface area (TPSA) is 0 Å². The molecule has 2 aromatic carbocycles. The Morgan fingerprint density at radius 3 is 2.31 bits per heavy atom. The first kappa shape index (κ1) is 11.5. The molecule has 0 unspecified atom stereocenters. The normalized spacial score (nSPS) is 10.8. The molecule has 16 heavy (non-hydrogen) atoms. The van der Waals surface area contributed by atoms with Crippen molar-refractivity contribution in [1.82, 2.24) is 0 Å². The molecule has 2 rings (SSSR count). The molecule has 0 saturated heterocycles. The standard InChI is InChI=1S/C14H11BrS/c15-13-8-4-5-9-14(13)16-11-10-12-6-2-1-3-7-12/h1-11H/b11-10-. The van der Waals surface area contributed by atoms with Crippen LogP contribution in [0.1, 0.15) is 5.56 Å². The first-order valence-corrected chi connectivity index (χ1v) is 6.66. The van der Waals surface area contributed by atoms with Crippen molar-refractivity contribution in [2.24, 2.45) is 0 Å². The predicted octanol–water partition coefficient (Wildman–Crippen LogP) is 5.21. The van der Waals surface area contributed by atoms with Gasteiger partial charge >= 0.3 is 0 Å². The van der Waals surface area contributed by atoms with E-state index in [-0.39, 0.29) is 0 Å². The van der Waals surface area contributed by atoms with E-state index in [2.05, 4.69) is 51.7 Å². The fraction of sp³-hybridized carbons (Fsp3) is 0. The zero-order valence-corrected chi connectivity index (χ0v) is 11.0. The molecule has 0 nitrogen and oxygen atoms in total. The highest BCUT2D eigenvalue weighted by Crippen LogP contribution is 2.28. The summed E-state index contributed by atoms with van der Waals surface area (Å²) in [6.45, 7) is 0.